The van der Waals surface area contributed by atoms with Crippen molar-refractivity contribution < 1.29 is 8.42 Å². The van der Waals surface area contributed by atoms with E-state index in [9.17, 15) is 8.42 Å². The maximum Gasteiger partial charge on any atom is 0.184 e. The zero-order chi connectivity index (χ0) is 12.5. The van der Waals surface area contributed by atoms with Crippen molar-refractivity contribution in [2.24, 2.45) is 0 Å². The van der Waals surface area contributed by atoms with Crippen LogP contribution in [0.2, 0.25) is 0 Å². The number of pyridine rings is 1. The van der Waals surface area contributed by atoms with Gasteiger partial charge in [-0.05, 0) is 31.4 Å². The maximum atomic E-state index is 12.4. The number of hydrogen-bond donors (Lipinski definition) is 0. The molecular weight excluding hydrogens is 236 g/mol. The lowest BCUT2D eigenvalue weighted by Gasteiger charge is -2.12. The third-order valence-electron chi connectivity index (χ3n) is 3.14. The van der Waals surface area contributed by atoms with Gasteiger partial charge in [-0.1, -0.05) is 12.8 Å². The highest BCUT2D eigenvalue weighted by Crippen LogP contribution is 2.30. The molecule has 90 valence electrons. The molecule has 0 amide bonds. The minimum Gasteiger partial charge on any atom is -0.244 e. The van der Waals surface area contributed by atoms with Crippen molar-refractivity contribution in [2.45, 2.75) is 42.8 Å². The number of aromatic nitrogens is 1. The van der Waals surface area contributed by atoms with Gasteiger partial charge in [0.05, 0.1) is 5.25 Å². The number of nitrogens with zero attached hydrogens (tertiary/aromatic N) is 2. The van der Waals surface area contributed by atoms with Crippen LogP contribution < -0.4 is 0 Å². The average Bonchev–Trinajstić information content (AvgIpc) is 2.83. The standard InChI is InChI=1S/C12H14N2O2S/c1-9-6-12(11(7-13)14-8-9)17(15,16)10-4-2-3-5-10/h6,8,10H,2-5H2,1H3. The molecule has 17 heavy (non-hydrogen) atoms. The second kappa shape index (κ2) is 4.46. The molecule has 1 heterocycles. The summed E-state index contributed by atoms with van der Waals surface area (Å²) in [4.78, 5) is 4.00. The quantitative estimate of drug-likeness (QED) is 0.804. The summed E-state index contributed by atoms with van der Waals surface area (Å²) in [7, 11) is -3.39. The normalized spacial score (nSPS) is 16.9. The van der Waals surface area contributed by atoms with E-state index in [0.29, 0.717) is 12.8 Å². The van der Waals surface area contributed by atoms with Gasteiger partial charge in [-0.2, -0.15) is 5.26 Å². The van der Waals surface area contributed by atoms with E-state index in [0.717, 1.165) is 18.4 Å². The fourth-order valence-electron chi connectivity index (χ4n) is 2.22. The summed E-state index contributed by atoms with van der Waals surface area (Å²) >= 11 is 0. The molecule has 2 rings (SSSR count). The number of sulfone groups is 1. The first kappa shape index (κ1) is 12.1. The fourth-order valence-corrected chi connectivity index (χ4v) is 4.25. The Kier molecular flexibility index (Phi) is 3.16. The number of aryl methyl sites for hydroxylation is 1. The average molecular weight is 250 g/mol. The molecular formula is C12H14N2O2S. The zero-order valence-electron chi connectivity index (χ0n) is 9.68. The molecule has 0 aromatic carbocycles. The molecule has 0 aliphatic heterocycles. The van der Waals surface area contributed by atoms with Gasteiger partial charge >= 0.3 is 0 Å². The van der Waals surface area contributed by atoms with Crippen molar-refractivity contribution in [3.8, 4) is 6.07 Å². The van der Waals surface area contributed by atoms with Crippen molar-refractivity contribution in [1.82, 2.24) is 4.98 Å². The predicted octanol–water partition coefficient (Wildman–Crippen LogP) is 1.98. The van der Waals surface area contributed by atoms with Gasteiger partial charge in [0.15, 0.2) is 15.5 Å². The van der Waals surface area contributed by atoms with Crippen LogP contribution in [-0.4, -0.2) is 18.7 Å². The molecule has 0 saturated heterocycles. The number of rotatable bonds is 2. The molecule has 1 fully saturated rings. The molecule has 0 radical (unpaired) electrons. The van der Waals surface area contributed by atoms with Gasteiger partial charge in [0, 0.05) is 6.20 Å². The highest BCUT2D eigenvalue weighted by atomic mass is 32.2. The summed E-state index contributed by atoms with van der Waals surface area (Å²) in [6.45, 7) is 1.78. The van der Waals surface area contributed by atoms with Crippen molar-refractivity contribution in [3.05, 3.63) is 23.5 Å². The summed E-state index contributed by atoms with van der Waals surface area (Å²) in [5.74, 6) is 0. The number of nitriles is 1. The topological polar surface area (TPSA) is 70.8 Å². The Morgan fingerprint density at radius 2 is 2.06 bits per heavy atom. The van der Waals surface area contributed by atoms with Crippen LogP contribution in [0.4, 0.5) is 0 Å². The van der Waals surface area contributed by atoms with Gasteiger partial charge in [0.25, 0.3) is 0 Å². The lowest BCUT2D eigenvalue weighted by Crippen LogP contribution is -2.19. The van der Waals surface area contributed by atoms with Crippen LogP contribution in [0.25, 0.3) is 0 Å². The second-order valence-corrected chi connectivity index (χ2v) is 6.62. The van der Waals surface area contributed by atoms with E-state index in [2.05, 4.69) is 4.98 Å². The molecule has 4 nitrogen and oxygen atoms in total. The van der Waals surface area contributed by atoms with Gasteiger partial charge in [-0.15, -0.1) is 0 Å². The Labute approximate surface area is 101 Å². The molecule has 1 aromatic rings. The minimum atomic E-state index is -3.39. The monoisotopic (exact) mass is 250 g/mol. The Balaban J connectivity index is 2.52. The van der Waals surface area contributed by atoms with E-state index in [1.165, 1.54) is 6.20 Å². The molecule has 1 saturated carbocycles. The SMILES string of the molecule is Cc1cnc(C#N)c(S(=O)(=O)C2CCCC2)c1. The third kappa shape index (κ3) is 2.18. The third-order valence-corrected chi connectivity index (χ3v) is 5.42. The lowest BCUT2D eigenvalue weighted by molar-refractivity contribution is 0.579. The van der Waals surface area contributed by atoms with Gasteiger partial charge in [-0.25, -0.2) is 13.4 Å². The van der Waals surface area contributed by atoms with Crippen LogP contribution in [-0.2, 0) is 9.84 Å². The molecule has 1 aliphatic rings. The smallest absolute Gasteiger partial charge is 0.184 e. The molecule has 0 unspecified atom stereocenters. The van der Waals surface area contributed by atoms with Gasteiger partial charge in [0.2, 0.25) is 0 Å². The largest absolute Gasteiger partial charge is 0.244 e. The van der Waals surface area contributed by atoms with E-state index in [-0.39, 0.29) is 15.8 Å². The second-order valence-electron chi connectivity index (χ2n) is 4.42. The van der Waals surface area contributed by atoms with Crippen molar-refractivity contribution >= 4 is 9.84 Å². The maximum absolute atomic E-state index is 12.4. The Hall–Kier alpha value is -1.41. The molecule has 0 spiro atoms. The fraction of sp³-hybridized carbons (Fsp3) is 0.500. The molecule has 0 atom stereocenters. The van der Waals surface area contributed by atoms with Crippen LogP contribution in [0.5, 0.6) is 0 Å². The van der Waals surface area contributed by atoms with Gasteiger partial charge < -0.3 is 0 Å². The van der Waals surface area contributed by atoms with Crippen LogP contribution in [0, 0.1) is 18.3 Å². The summed E-state index contributed by atoms with van der Waals surface area (Å²) in [6, 6.07) is 3.42. The van der Waals surface area contributed by atoms with Gasteiger partial charge in [0.1, 0.15) is 11.0 Å². The summed E-state index contributed by atoms with van der Waals surface area (Å²) in [5.41, 5.74) is 0.781. The van der Waals surface area contributed by atoms with Crippen LogP contribution in [0.15, 0.2) is 17.2 Å². The first-order valence-electron chi connectivity index (χ1n) is 5.66. The van der Waals surface area contributed by atoms with Gasteiger partial charge in [-0.3, -0.25) is 0 Å². The molecule has 0 N–H and O–H groups in total. The van der Waals surface area contributed by atoms with Crippen molar-refractivity contribution in [1.29, 1.82) is 5.26 Å². The van der Waals surface area contributed by atoms with E-state index < -0.39 is 9.84 Å². The summed E-state index contributed by atoms with van der Waals surface area (Å²) in [5, 5.41) is 8.60. The molecule has 0 bridgehead atoms. The van der Waals surface area contributed by atoms with Crippen LogP contribution in [0.3, 0.4) is 0 Å². The first-order valence-corrected chi connectivity index (χ1v) is 7.21. The summed E-state index contributed by atoms with van der Waals surface area (Å²) < 4.78 is 24.8. The first-order chi connectivity index (χ1) is 8.05. The van der Waals surface area contributed by atoms with E-state index in [1.54, 1.807) is 13.0 Å². The molecule has 5 heteroatoms. The highest BCUT2D eigenvalue weighted by molar-refractivity contribution is 7.92. The Morgan fingerprint density at radius 3 is 2.65 bits per heavy atom. The van der Waals surface area contributed by atoms with E-state index in [1.807, 2.05) is 6.07 Å². The number of hydrogen-bond acceptors (Lipinski definition) is 4. The zero-order valence-corrected chi connectivity index (χ0v) is 10.5. The van der Waals surface area contributed by atoms with Crippen molar-refractivity contribution in [3.63, 3.8) is 0 Å². The predicted molar refractivity (Wildman–Crippen MR) is 63.1 cm³/mol. The minimum absolute atomic E-state index is 0.0162. The van der Waals surface area contributed by atoms with E-state index in [4.69, 9.17) is 5.26 Å². The highest BCUT2D eigenvalue weighted by Gasteiger charge is 2.32. The Morgan fingerprint density at radius 1 is 1.41 bits per heavy atom. The Bertz CT molecular complexity index is 567. The van der Waals surface area contributed by atoms with Crippen LogP contribution >= 0.6 is 0 Å². The van der Waals surface area contributed by atoms with E-state index >= 15 is 0 Å². The molecule has 1 aliphatic carbocycles. The van der Waals surface area contributed by atoms with Crippen LogP contribution in [0.1, 0.15) is 36.9 Å². The molecule has 1 aromatic heterocycles. The van der Waals surface area contributed by atoms with Crippen molar-refractivity contribution in [2.75, 3.05) is 0 Å². The summed E-state index contributed by atoms with van der Waals surface area (Å²) in [6.07, 6.45) is 4.81. The lowest BCUT2D eigenvalue weighted by atomic mass is 10.3.